The second kappa shape index (κ2) is 4.62. The van der Waals surface area contributed by atoms with Gasteiger partial charge in [0.05, 0.1) is 6.42 Å². The Bertz CT molecular complexity index is 201. The van der Waals surface area contributed by atoms with E-state index in [9.17, 15) is 4.79 Å². The Morgan fingerprint density at radius 3 is 2.55 bits per heavy atom. The Morgan fingerprint density at radius 1 is 1.64 bits per heavy atom. The number of primary amides is 1. The second-order valence-electron chi connectivity index (χ2n) is 1.97. The zero-order valence-corrected chi connectivity index (χ0v) is 6.94. The van der Waals surface area contributed by atoms with Gasteiger partial charge in [-0.15, -0.1) is 0 Å². The molecule has 0 aliphatic carbocycles. The average Bonchev–Trinajstić information content (AvgIpc) is 1.82. The fourth-order valence-corrected chi connectivity index (χ4v) is 0.488. The van der Waals surface area contributed by atoms with Crippen molar-refractivity contribution in [2.24, 2.45) is 16.6 Å². The zero-order chi connectivity index (χ0) is 8.85. The van der Waals surface area contributed by atoms with Gasteiger partial charge in [0.15, 0.2) is 5.11 Å². The van der Waals surface area contributed by atoms with Gasteiger partial charge in [-0.2, -0.15) is 5.10 Å². The van der Waals surface area contributed by atoms with Crippen LogP contribution in [0.4, 0.5) is 0 Å². The molecule has 0 saturated heterocycles. The molecule has 11 heavy (non-hydrogen) atoms. The van der Waals surface area contributed by atoms with Gasteiger partial charge in [-0.05, 0) is 19.1 Å². The lowest BCUT2D eigenvalue weighted by atomic mass is 10.3. The van der Waals surface area contributed by atoms with Crippen LogP contribution in [0.5, 0.6) is 0 Å². The highest BCUT2D eigenvalue weighted by Crippen LogP contribution is 1.81. The molecular formula is C5H10N4OS. The molecule has 6 heteroatoms. The van der Waals surface area contributed by atoms with Gasteiger partial charge in [0.25, 0.3) is 0 Å². The smallest absolute Gasteiger partial charge is 0.223 e. The summed E-state index contributed by atoms with van der Waals surface area (Å²) >= 11 is 4.47. The minimum atomic E-state index is -0.434. The van der Waals surface area contributed by atoms with Gasteiger partial charge in [-0.3, -0.25) is 10.2 Å². The predicted molar refractivity (Wildman–Crippen MR) is 46.8 cm³/mol. The number of nitrogens with one attached hydrogen (secondary N) is 1. The Balaban J connectivity index is 3.81. The Hall–Kier alpha value is -1.17. The zero-order valence-electron chi connectivity index (χ0n) is 6.13. The summed E-state index contributed by atoms with van der Waals surface area (Å²) in [5, 5.41) is 3.73. The van der Waals surface area contributed by atoms with Gasteiger partial charge >= 0.3 is 0 Å². The van der Waals surface area contributed by atoms with E-state index in [4.69, 9.17) is 11.5 Å². The van der Waals surface area contributed by atoms with Crippen molar-refractivity contribution in [1.29, 1.82) is 0 Å². The molecule has 0 aliphatic rings. The molecule has 1 amide bonds. The second-order valence-corrected chi connectivity index (χ2v) is 2.41. The summed E-state index contributed by atoms with van der Waals surface area (Å²) in [5.74, 6) is -0.434. The van der Waals surface area contributed by atoms with E-state index in [-0.39, 0.29) is 11.5 Å². The fraction of sp³-hybridized carbons (Fsp3) is 0.400. The number of hydrazone groups is 1. The summed E-state index contributed by atoms with van der Waals surface area (Å²) in [6, 6.07) is 0. The number of nitrogens with zero attached hydrogens (tertiary/aromatic N) is 1. The van der Waals surface area contributed by atoms with Crippen LogP contribution >= 0.6 is 12.2 Å². The van der Waals surface area contributed by atoms with Crippen LogP contribution in [0.1, 0.15) is 13.3 Å². The lowest BCUT2D eigenvalue weighted by molar-refractivity contribution is -0.116. The molecule has 0 radical (unpaired) electrons. The first-order valence-electron chi connectivity index (χ1n) is 2.89. The third-order valence-electron chi connectivity index (χ3n) is 0.787. The molecule has 0 aromatic rings. The molecule has 0 aliphatic heterocycles. The van der Waals surface area contributed by atoms with Crippen molar-refractivity contribution in [3.8, 4) is 0 Å². The van der Waals surface area contributed by atoms with Crippen LogP contribution in [-0.2, 0) is 4.79 Å². The van der Waals surface area contributed by atoms with Crippen molar-refractivity contribution in [2.45, 2.75) is 13.3 Å². The Morgan fingerprint density at radius 2 is 2.18 bits per heavy atom. The van der Waals surface area contributed by atoms with E-state index in [0.29, 0.717) is 5.71 Å². The molecule has 0 bridgehead atoms. The lowest BCUT2D eigenvalue weighted by Crippen LogP contribution is -2.26. The predicted octanol–water partition coefficient (Wildman–Crippen LogP) is -0.929. The van der Waals surface area contributed by atoms with E-state index >= 15 is 0 Å². The highest BCUT2D eigenvalue weighted by atomic mass is 32.1. The highest BCUT2D eigenvalue weighted by molar-refractivity contribution is 7.80. The van der Waals surface area contributed by atoms with E-state index in [1.807, 2.05) is 0 Å². The molecule has 0 rings (SSSR count). The molecule has 5 nitrogen and oxygen atoms in total. The lowest BCUT2D eigenvalue weighted by Gasteiger charge is -1.97. The summed E-state index contributed by atoms with van der Waals surface area (Å²) in [5.41, 5.74) is 12.8. The SMILES string of the molecule is C/C(CC(N)=O)=N\NC(N)=S. The maximum atomic E-state index is 10.3. The van der Waals surface area contributed by atoms with E-state index in [1.54, 1.807) is 6.92 Å². The monoisotopic (exact) mass is 174 g/mol. The van der Waals surface area contributed by atoms with E-state index < -0.39 is 5.91 Å². The molecule has 0 saturated carbocycles. The van der Waals surface area contributed by atoms with Crippen molar-refractivity contribution in [1.82, 2.24) is 5.43 Å². The number of rotatable bonds is 3. The molecule has 0 fully saturated rings. The van der Waals surface area contributed by atoms with Crippen molar-refractivity contribution < 1.29 is 4.79 Å². The number of hydrogen-bond donors (Lipinski definition) is 3. The molecule has 0 atom stereocenters. The Kier molecular flexibility index (Phi) is 4.12. The molecule has 0 aromatic heterocycles. The number of amides is 1. The van der Waals surface area contributed by atoms with Crippen LogP contribution in [0.2, 0.25) is 0 Å². The van der Waals surface area contributed by atoms with Crippen LogP contribution in [-0.4, -0.2) is 16.7 Å². The summed E-state index contributed by atoms with van der Waals surface area (Å²) in [6.07, 6.45) is 0.107. The third kappa shape index (κ3) is 6.72. The Labute approximate surface area is 69.8 Å². The quantitative estimate of drug-likeness (QED) is 0.293. The summed E-state index contributed by atoms with van der Waals surface area (Å²) in [4.78, 5) is 10.3. The number of carbonyl (C=O) groups excluding carboxylic acids is 1. The van der Waals surface area contributed by atoms with Crippen LogP contribution < -0.4 is 16.9 Å². The van der Waals surface area contributed by atoms with Crippen molar-refractivity contribution in [3.05, 3.63) is 0 Å². The highest BCUT2D eigenvalue weighted by Gasteiger charge is 1.96. The van der Waals surface area contributed by atoms with Gasteiger partial charge < -0.3 is 11.5 Å². The summed E-state index contributed by atoms with van der Waals surface area (Å²) < 4.78 is 0. The van der Waals surface area contributed by atoms with Gasteiger partial charge in [0.2, 0.25) is 5.91 Å². The van der Waals surface area contributed by atoms with Crippen molar-refractivity contribution in [2.75, 3.05) is 0 Å². The first-order chi connectivity index (χ1) is 5.02. The normalized spacial score (nSPS) is 10.8. The van der Waals surface area contributed by atoms with Gasteiger partial charge in [0, 0.05) is 5.71 Å². The van der Waals surface area contributed by atoms with E-state index in [0.717, 1.165) is 0 Å². The molecule has 62 valence electrons. The molecule has 5 N–H and O–H groups in total. The maximum Gasteiger partial charge on any atom is 0.223 e. The molecule has 0 aromatic carbocycles. The average molecular weight is 174 g/mol. The van der Waals surface area contributed by atoms with Gasteiger partial charge in [0.1, 0.15) is 0 Å². The molecule has 0 unspecified atom stereocenters. The summed E-state index contributed by atoms with van der Waals surface area (Å²) in [6.45, 7) is 1.65. The van der Waals surface area contributed by atoms with Crippen LogP contribution in [0.3, 0.4) is 0 Å². The first-order valence-corrected chi connectivity index (χ1v) is 3.30. The minimum absolute atomic E-state index is 0.0637. The molecule has 0 heterocycles. The summed E-state index contributed by atoms with van der Waals surface area (Å²) in [7, 11) is 0. The first kappa shape index (κ1) is 9.83. The van der Waals surface area contributed by atoms with Crippen molar-refractivity contribution in [3.63, 3.8) is 0 Å². The molecular weight excluding hydrogens is 164 g/mol. The van der Waals surface area contributed by atoms with Crippen LogP contribution in [0.25, 0.3) is 0 Å². The standard InChI is InChI=1S/C5H10N4OS/c1-3(2-4(6)10)8-9-5(7)11/h2H2,1H3,(H2,6,10)(H3,7,9,11)/b8-3+. The number of hydrogen-bond acceptors (Lipinski definition) is 3. The maximum absolute atomic E-state index is 10.3. The third-order valence-corrected chi connectivity index (χ3v) is 0.878. The van der Waals surface area contributed by atoms with Gasteiger partial charge in [-0.25, -0.2) is 0 Å². The number of carbonyl (C=O) groups is 1. The number of thiocarbonyl (C=S) groups is 1. The topological polar surface area (TPSA) is 93.5 Å². The van der Waals surface area contributed by atoms with Crippen LogP contribution in [0, 0.1) is 0 Å². The fourth-order valence-electron chi connectivity index (χ4n) is 0.442. The van der Waals surface area contributed by atoms with Crippen molar-refractivity contribution >= 4 is 28.9 Å². The van der Waals surface area contributed by atoms with E-state index in [1.165, 1.54) is 0 Å². The number of nitrogens with two attached hydrogens (primary N) is 2. The minimum Gasteiger partial charge on any atom is -0.375 e. The van der Waals surface area contributed by atoms with Crippen LogP contribution in [0.15, 0.2) is 5.10 Å². The molecule has 0 spiro atoms. The largest absolute Gasteiger partial charge is 0.375 e. The van der Waals surface area contributed by atoms with E-state index in [2.05, 4.69) is 22.7 Å². The van der Waals surface area contributed by atoms with Gasteiger partial charge in [-0.1, -0.05) is 0 Å².